The van der Waals surface area contributed by atoms with Crippen molar-refractivity contribution in [3.63, 3.8) is 0 Å². The molecular formula is C7H16BNO4S. The number of hydrogen-bond acceptors (Lipinski definition) is 4. The lowest BCUT2D eigenvalue weighted by molar-refractivity contribution is 0.403. The Morgan fingerprint density at radius 3 is 2.14 bits per heavy atom. The molecule has 0 aliphatic heterocycles. The molecule has 5 nitrogen and oxygen atoms in total. The van der Waals surface area contributed by atoms with Crippen LogP contribution in [-0.4, -0.2) is 36.4 Å². The Morgan fingerprint density at radius 2 is 1.86 bits per heavy atom. The number of rotatable bonds is 3. The Morgan fingerprint density at radius 1 is 1.36 bits per heavy atom. The first-order valence-corrected chi connectivity index (χ1v) is 6.07. The standard InChI is InChI=1S/C7H16BNO4S/c1-7(2,3)9-14(12,13)6-4-5(6)8(10)11/h5-6,9-11H,4H2,1-3H3/t5-,6-/m1/s1. The Labute approximate surface area is 84.7 Å². The van der Waals surface area contributed by atoms with E-state index in [-0.39, 0.29) is 0 Å². The average molecular weight is 221 g/mol. The summed E-state index contributed by atoms with van der Waals surface area (Å²) in [6.07, 6.45) is 0.323. The van der Waals surface area contributed by atoms with Gasteiger partial charge >= 0.3 is 7.12 Å². The highest BCUT2D eigenvalue weighted by atomic mass is 32.2. The minimum absolute atomic E-state index is 0.323. The highest BCUT2D eigenvalue weighted by molar-refractivity contribution is 7.90. The maximum Gasteiger partial charge on any atom is 0.456 e. The molecule has 0 bridgehead atoms. The van der Waals surface area contributed by atoms with Crippen molar-refractivity contribution >= 4 is 17.1 Å². The second-order valence-corrected chi connectivity index (χ2v) is 6.65. The van der Waals surface area contributed by atoms with Crippen LogP contribution < -0.4 is 4.72 Å². The molecule has 0 aromatic heterocycles. The Kier molecular flexibility index (Phi) is 2.98. The van der Waals surface area contributed by atoms with Gasteiger partial charge in [-0.05, 0) is 27.2 Å². The predicted molar refractivity (Wildman–Crippen MR) is 54.2 cm³/mol. The number of sulfonamides is 1. The molecule has 0 radical (unpaired) electrons. The summed E-state index contributed by atoms with van der Waals surface area (Å²) >= 11 is 0. The molecule has 0 saturated heterocycles. The molecule has 14 heavy (non-hydrogen) atoms. The van der Waals surface area contributed by atoms with E-state index >= 15 is 0 Å². The van der Waals surface area contributed by atoms with Gasteiger partial charge in [0.25, 0.3) is 0 Å². The third kappa shape index (κ3) is 2.95. The van der Waals surface area contributed by atoms with Gasteiger partial charge < -0.3 is 10.0 Å². The van der Waals surface area contributed by atoms with E-state index in [2.05, 4.69) is 4.72 Å². The van der Waals surface area contributed by atoms with Gasteiger partial charge in [0.05, 0.1) is 5.25 Å². The van der Waals surface area contributed by atoms with Crippen LogP contribution in [0.2, 0.25) is 5.82 Å². The van der Waals surface area contributed by atoms with Crippen molar-refractivity contribution < 1.29 is 18.5 Å². The van der Waals surface area contributed by atoms with E-state index in [0.717, 1.165) is 0 Å². The van der Waals surface area contributed by atoms with Crippen molar-refractivity contribution in [2.45, 2.75) is 43.8 Å². The Bertz CT molecular complexity index is 308. The van der Waals surface area contributed by atoms with Crippen molar-refractivity contribution in [3.8, 4) is 0 Å². The van der Waals surface area contributed by atoms with E-state index in [9.17, 15) is 8.42 Å². The van der Waals surface area contributed by atoms with E-state index in [1.807, 2.05) is 0 Å². The molecule has 1 aliphatic rings. The van der Waals surface area contributed by atoms with E-state index in [4.69, 9.17) is 10.0 Å². The molecule has 1 saturated carbocycles. The monoisotopic (exact) mass is 221 g/mol. The zero-order valence-corrected chi connectivity index (χ0v) is 9.37. The van der Waals surface area contributed by atoms with Crippen molar-refractivity contribution in [1.82, 2.24) is 4.72 Å². The molecule has 82 valence electrons. The third-order valence-corrected chi connectivity index (χ3v) is 4.24. The lowest BCUT2D eigenvalue weighted by Gasteiger charge is -2.20. The van der Waals surface area contributed by atoms with E-state index in [1.54, 1.807) is 20.8 Å². The lowest BCUT2D eigenvalue weighted by atomic mass is 9.84. The van der Waals surface area contributed by atoms with Gasteiger partial charge in [0.1, 0.15) is 0 Å². The molecule has 0 unspecified atom stereocenters. The van der Waals surface area contributed by atoms with E-state index < -0.39 is 33.7 Å². The fraction of sp³-hybridized carbons (Fsp3) is 1.00. The largest absolute Gasteiger partial charge is 0.456 e. The Balaban J connectivity index is 2.62. The highest BCUT2D eigenvalue weighted by Gasteiger charge is 2.53. The molecule has 0 spiro atoms. The SMILES string of the molecule is CC(C)(C)NS(=O)(=O)[C@@H]1C[C@H]1B(O)O. The minimum atomic E-state index is -3.41. The highest BCUT2D eigenvalue weighted by Crippen LogP contribution is 2.44. The fourth-order valence-corrected chi connectivity index (χ4v) is 3.44. The minimum Gasteiger partial charge on any atom is -0.427 e. The van der Waals surface area contributed by atoms with Crippen LogP contribution in [0.15, 0.2) is 0 Å². The molecule has 1 rings (SSSR count). The maximum absolute atomic E-state index is 11.6. The quantitative estimate of drug-likeness (QED) is 0.551. The molecule has 0 aromatic carbocycles. The third-order valence-electron chi connectivity index (χ3n) is 2.01. The first-order chi connectivity index (χ1) is 6.13. The zero-order valence-electron chi connectivity index (χ0n) is 8.56. The molecule has 1 fully saturated rings. The van der Waals surface area contributed by atoms with Gasteiger partial charge in [0.15, 0.2) is 0 Å². The summed E-state index contributed by atoms with van der Waals surface area (Å²) in [5.74, 6) is -0.533. The normalized spacial score (nSPS) is 27.5. The molecule has 0 heterocycles. The second kappa shape index (κ2) is 3.48. The first kappa shape index (κ1) is 12.0. The summed E-state index contributed by atoms with van der Waals surface area (Å²) in [7, 11) is -4.94. The molecule has 0 aromatic rings. The van der Waals surface area contributed by atoms with Crippen molar-refractivity contribution in [1.29, 1.82) is 0 Å². The molecular weight excluding hydrogens is 205 g/mol. The Hall–Kier alpha value is -0.105. The zero-order chi connectivity index (χ0) is 11.1. The molecule has 0 amide bonds. The summed E-state index contributed by atoms with van der Waals surface area (Å²) in [6.45, 7) is 5.24. The second-order valence-electron chi connectivity index (χ2n) is 4.75. The smallest absolute Gasteiger partial charge is 0.427 e. The van der Waals surface area contributed by atoms with Crippen LogP contribution in [0.1, 0.15) is 27.2 Å². The van der Waals surface area contributed by atoms with Gasteiger partial charge in [-0.1, -0.05) is 0 Å². The van der Waals surface area contributed by atoms with Crippen LogP contribution in [0.25, 0.3) is 0 Å². The van der Waals surface area contributed by atoms with E-state index in [1.165, 1.54) is 0 Å². The van der Waals surface area contributed by atoms with Crippen LogP contribution >= 0.6 is 0 Å². The number of hydrogen-bond donors (Lipinski definition) is 3. The first-order valence-electron chi connectivity index (χ1n) is 4.52. The van der Waals surface area contributed by atoms with Gasteiger partial charge in [-0.3, -0.25) is 0 Å². The molecule has 2 atom stereocenters. The predicted octanol–water partition coefficient (Wildman–Crippen LogP) is -0.680. The van der Waals surface area contributed by atoms with Crippen molar-refractivity contribution in [3.05, 3.63) is 0 Å². The summed E-state index contributed by atoms with van der Waals surface area (Å²) in [5, 5.41) is 16.9. The number of nitrogens with one attached hydrogen (secondary N) is 1. The van der Waals surface area contributed by atoms with Crippen LogP contribution in [0.4, 0.5) is 0 Å². The summed E-state index contributed by atoms with van der Waals surface area (Å²) < 4.78 is 25.7. The summed E-state index contributed by atoms with van der Waals surface area (Å²) in [6, 6.07) is 0. The van der Waals surface area contributed by atoms with Gasteiger partial charge in [-0.25, -0.2) is 13.1 Å². The average Bonchev–Trinajstić information content (AvgIpc) is 2.55. The molecule has 7 heteroatoms. The summed E-state index contributed by atoms with van der Waals surface area (Å²) in [5.41, 5.74) is -0.521. The topological polar surface area (TPSA) is 86.6 Å². The van der Waals surface area contributed by atoms with Gasteiger partial charge in [-0.15, -0.1) is 0 Å². The van der Waals surface area contributed by atoms with Crippen molar-refractivity contribution in [2.24, 2.45) is 0 Å². The maximum atomic E-state index is 11.6. The van der Waals surface area contributed by atoms with Crippen LogP contribution in [0.5, 0.6) is 0 Å². The van der Waals surface area contributed by atoms with Crippen LogP contribution in [0.3, 0.4) is 0 Å². The summed E-state index contributed by atoms with van der Waals surface area (Å²) in [4.78, 5) is 0. The lowest BCUT2D eigenvalue weighted by Crippen LogP contribution is -2.42. The van der Waals surface area contributed by atoms with Gasteiger partial charge in [0, 0.05) is 11.4 Å². The van der Waals surface area contributed by atoms with Crippen LogP contribution in [0, 0.1) is 0 Å². The van der Waals surface area contributed by atoms with E-state index in [0.29, 0.717) is 6.42 Å². The van der Waals surface area contributed by atoms with Gasteiger partial charge in [-0.2, -0.15) is 0 Å². The molecule has 3 N–H and O–H groups in total. The molecule has 1 aliphatic carbocycles. The fourth-order valence-electron chi connectivity index (χ4n) is 1.36. The van der Waals surface area contributed by atoms with Crippen LogP contribution in [-0.2, 0) is 10.0 Å². The van der Waals surface area contributed by atoms with Gasteiger partial charge in [0.2, 0.25) is 10.0 Å². The van der Waals surface area contributed by atoms with Crippen molar-refractivity contribution in [2.75, 3.05) is 0 Å².